The van der Waals surface area contributed by atoms with Crippen LogP contribution >= 0.6 is 11.8 Å². The van der Waals surface area contributed by atoms with Gasteiger partial charge in [-0.05, 0) is 17.8 Å². The second-order valence-corrected chi connectivity index (χ2v) is 2.73. The van der Waals surface area contributed by atoms with E-state index < -0.39 is 0 Å². The van der Waals surface area contributed by atoms with Crippen molar-refractivity contribution in [2.45, 2.75) is 0 Å². The average molecular weight is 155 g/mol. The van der Waals surface area contributed by atoms with Crippen LogP contribution < -0.4 is 5.73 Å². The predicted molar refractivity (Wildman–Crippen MR) is 39.0 cm³/mol. The highest BCUT2D eigenvalue weighted by atomic mass is 32.2. The zero-order valence-corrected chi connectivity index (χ0v) is 5.85. The third-order valence-corrected chi connectivity index (χ3v) is 1.90. The fourth-order valence-corrected chi connectivity index (χ4v) is 1.29. The molecule has 1 aliphatic heterocycles. The third kappa shape index (κ3) is 1.27. The lowest BCUT2D eigenvalue weighted by molar-refractivity contribution is -0.107. The quantitative estimate of drug-likeness (QED) is 0.433. The first kappa shape index (κ1) is 7.08. The van der Waals surface area contributed by atoms with Crippen LogP contribution in [0.3, 0.4) is 0 Å². The molecule has 0 spiro atoms. The first-order valence-electron chi connectivity index (χ1n) is 2.59. The Balaban J connectivity index is 2.87. The number of hydrogen-bond acceptors (Lipinski definition) is 4. The molecule has 0 saturated heterocycles. The summed E-state index contributed by atoms with van der Waals surface area (Å²) in [5.41, 5.74) is 5.72. The van der Waals surface area contributed by atoms with Gasteiger partial charge in [-0.2, -0.15) is 0 Å². The van der Waals surface area contributed by atoms with Gasteiger partial charge in [-0.1, -0.05) is 0 Å². The molecule has 52 valence electrons. The van der Waals surface area contributed by atoms with Crippen molar-refractivity contribution in [3.8, 4) is 0 Å². The Labute approximate surface area is 62.0 Å². The summed E-state index contributed by atoms with van der Waals surface area (Å²) in [5, 5.41) is -0.120. The summed E-state index contributed by atoms with van der Waals surface area (Å²) in [4.78, 5) is 21.1. The number of allylic oxidation sites excluding steroid dienone is 1. The van der Waals surface area contributed by atoms with Crippen LogP contribution in [-0.2, 0) is 9.59 Å². The standard InChI is InChI=1S/C6H5NO2S/c7-4-3-6(9)10-5(4)1-2-8/h1-3H,7H2/b5-1-. The Morgan fingerprint density at radius 2 is 2.30 bits per heavy atom. The third-order valence-electron chi connectivity index (χ3n) is 0.988. The number of rotatable bonds is 1. The SMILES string of the molecule is NC1=CC(=O)S/C1=C\C=O. The van der Waals surface area contributed by atoms with Gasteiger partial charge in [0.15, 0.2) is 0 Å². The molecule has 3 nitrogen and oxygen atoms in total. The zero-order valence-electron chi connectivity index (χ0n) is 5.03. The minimum Gasteiger partial charge on any atom is -0.398 e. The van der Waals surface area contributed by atoms with Crippen molar-refractivity contribution in [1.29, 1.82) is 0 Å². The van der Waals surface area contributed by atoms with E-state index in [4.69, 9.17) is 5.73 Å². The minimum atomic E-state index is -0.120. The second-order valence-electron chi connectivity index (χ2n) is 1.69. The Kier molecular flexibility index (Phi) is 1.91. The van der Waals surface area contributed by atoms with E-state index in [2.05, 4.69) is 0 Å². The van der Waals surface area contributed by atoms with Gasteiger partial charge in [0.2, 0.25) is 5.12 Å². The molecule has 4 heteroatoms. The molecule has 0 amide bonds. The molecule has 0 aliphatic carbocycles. The van der Waals surface area contributed by atoms with Crippen molar-refractivity contribution in [2.24, 2.45) is 5.73 Å². The molecular formula is C6H5NO2S. The first-order valence-corrected chi connectivity index (χ1v) is 3.40. The highest BCUT2D eigenvalue weighted by Gasteiger charge is 2.15. The predicted octanol–water partition coefficient (Wildman–Crippen LogP) is 0.185. The molecule has 1 heterocycles. The highest BCUT2D eigenvalue weighted by Crippen LogP contribution is 2.28. The van der Waals surface area contributed by atoms with Gasteiger partial charge in [0.05, 0.1) is 5.70 Å². The maximum absolute atomic E-state index is 10.6. The molecule has 1 rings (SSSR count). The lowest BCUT2D eigenvalue weighted by Crippen LogP contribution is -1.93. The van der Waals surface area contributed by atoms with Crippen molar-refractivity contribution >= 4 is 23.2 Å². The molecule has 0 bridgehead atoms. The van der Waals surface area contributed by atoms with Crippen molar-refractivity contribution in [1.82, 2.24) is 0 Å². The lowest BCUT2D eigenvalue weighted by Gasteiger charge is -1.90. The highest BCUT2D eigenvalue weighted by molar-refractivity contribution is 8.18. The summed E-state index contributed by atoms with van der Waals surface area (Å²) in [6.45, 7) is 0. The van der Waals surface area contributed by atoms with Gasteiger partial charge in [0.1, 0.15) is 6.29 Å². The van der Waals surface area contributed by atoms with Crippen LogP contribution in [0.25, 0.3) is 0 Å². The van der Waals surface area contributed by atoms with Gasteiger partial charge in [-0.15, -0.1) is 0 Å². The van der Waals surface area contributed by atoms with Crippen LogP contribution in [0.4, 0.5) is 0 Å². The van der Waals surface area contributed by atoms with Gasteiger partial charge in [0.25, 0.3) is 0 Å². The Hall–Kier alpha value is -1.03. The summed E-state index contributed by atoms with van der Waals surface area (Å²) in [6.07, 6.45) is 3.20. The van der Waals surface area contributed by atoms with Crippen molar-refractivity contribution in [3.63, 3.8) is 0 Å². The van der Waals surface area contributed by atoms with E-state index >= 15 is 0 Å². The molecule has 0 aromatic rings. The van der Waals surface area contributed by atoms with E-state index in [-0.39, 0.29) is 5.12 Å². The van der Waals surface area contributed by atoms with Crippen LogP contribution in [0.5, 0.6) is 0 Å². The van der Waals surface area contributed by atoms with Crippen LogP contribution in [-0.4, -0.2) is 11.4 Å². The lowest BCUT2D eigenvalue weighted by atomic mass is 10.4. The normalized spacial score (nSPS) is 21.4. The molecular weight excluding hydrogens is 150 g/mol. The monoisotopic (exact) mass is 155 g/mol. The maximum Gasteiger partial charge on any atom is 0.219 e. The number of thioether (sulfide) groups is 1. The van der Waals surface area contributed by atoms with Crippen molar-refractivity contribution in [2.75, 3.05) is 0 Å². The Morgan fingerprint density at radius 1 is 1.60 bits per heavy atom. The second kappa shape index (κ2) is 2.70. The van der Waals surface area contributed by atoms with Crippen LogP contribution in [0, 0.1) is 0 Å². The molecule has 0 saturated carbocycles. The fourth-order valence-electron chi connectivity index (χ4n) is 0.587. The molecule has 0 unspecified atom stereocenters. The van der Waals surface area contributed by atoms with Crippen LogP contribution in [0.15, 0.2) is 22.8 Å². The van der Waals surface area contributed by atoms with Crippen molar-refractivity contribution < 1.29 is 9.59 Å². The summed E-state index contributed by atoms with van der Waals surface area (Å²) >= 11 is 0.972. The number of carbonyl (C=O) groups is 2. The smallest absolute Gasteiger partial charge is 0.219 e. The molecule has 0 radical (unpaired) electrons. The Morgan fingerprint density at radius 3 is 2.70 bits per heavy atom. The fraction of sp³-hybridized carbons (Fsp3) is 0. The largest absolute Gasteiger partial charge is 0.398 e. The molecule has 0 fully saturated rings. The number of hydrogen-bond donors (Lipinski definition) is 1. The van der Waals surface area contributed by atoms with E-state index in [1.165, 1.54) is 12.2 Å². The molecule has 0 aromatic carbocycles. The minimum absolute atomic E-state index is 0.120. The van der Waals surface area contributed by atoms with Gasteiger partial charge >= 0.3 is 0 Å². The summed E-state index contributed by atoms with van der Waals surface area (Å²) < 4.78 is 0. The maximum atomic E-state index is 10.6. The molecule has 2 N–H and O–H groups in total. The molecule has 0 aromatic heterocycles. The van der Waals surface area contributed by atoms with Gasteiger partial charge in [-0.25, -0.2) is 0 Å². The van der Waals surface area contributed by atoms with Gasteiger partial charge in [-0.3, -0.25) is 9.59 Å². The summed E-state index contributed by atoms with van der Waals surface area (Å²) in [5.74, 6) is 0. The number of aldehydes is 1. The molecule has 10 heavy (non-hydrogen) atoms. The number of carbonyl (C=O) groups excluding carboxylic acids is 2. The van der Waals surface area contributed by atoms with E-state index in [0.29, 0.717) is 16.9 Å². The van der Waals surface area contributed by atoms with E-state index in [1.807, 2.05) is 0 Å². The number of nitrogens with two attached hydrogens (primary N) is 1. The van der Waals surface area contributed by atoms with Crippen molar-refractivity contribution in [3.05, 3.63) is 22.8 Å². The van der Waals surface area contributed by atoms with Crippen LogP contribution in [0.1, 0.15) is 0 Å². The topological polar surface area (TPSA) is 60.2 Å². The van der Waals surface area contributed by atoms with Gasteiger partial charge < -0.3 is 5.73 Å². The van der Waals surface area contributed by atoms with Gasteiger partial charge in [0, 0.05) is 11.0 Å². The Bertz CT molecular complexity index is 242. The first-order chi connectivity index (χ1) is 4.74. The summed E-state index contributed by atoms with van der Waals surface area (Å²) in [7, 11) is 0. The van der Waals surface area contributed by atoms with E-state index in [9.17, 15) is 9.59 Å². The molecule has 1 aliphatic rings. The van der Waals surface area contributed by atoms with Crippen LogP contribution in [0.2, 0.25) is 0 Å². The zero-order chi connectivity index (χ0) is 7.56. The summed E-state index contributed by atoms with van der Waals surface area (Å²) in [6, 6.07) is 0. The molecule has 0 atom stereocenters. The van der Waals surface area contributed by atoms with E-state index in [1.54, 1.807) is 0 Å². The van der Waals surface area contributed by atoms with E-state index in [0.717, 1.165) is 11.8 Å². The average Bonchev–Trinajstić information content (AvgIpc) is 2.13.